The molecule has 0 aliphatic heterocycles. The van der Waals surface area contributed by atoms with Crippen molar-refractivity contribution in [1.29, 1.82) is 0 Å². The zero-order valence-electron chi connectivity index (χ0n) is 10.8. The first kappa shape index (κ1) is 13.0. The highest BCUT2D eigenvalue weighted by Crippen LogP contribution is 2.23. The van der Waals surface area contributed by atoms with Crippen molar-refractivity contribution < 1.29 is 4.74 Å². The minimum absolute atomic E-state index is 0.240. The molecule has 90 valence electrons. The van der Waals surface area contributed by atoms with Crippen LogP contribution in [0.15, 0.2) is 24.3 Å². The predicted octanol–water partition coefficient (Wildman–Crippen LogP) is 3.31. The molecule has 0 heterocycles. The SMILES string of the molecule is CCC(C)(N)c1ccc(OCC(C)C)cc1. The van der Waals surface area contributed by atoms with Crippen LogP contribution in [0.25, 0.3) is 0 Å². The minimum atomic E-state index is -0.240. The van der Waals surface area contributed by atoms with Crippen LogP contribution in [0.3, 0.4) is 0 Å². The Morgan fingerprint density at radius 3 is 2.25 bits per heavy atom. The molecule has 16 heavy (non-hydrogen) atoms. The van der Waals surface area contributed by atoms with E-state index in [-0.39, 0.29) is 5.54 Å². The third-order valence-electron chi connectivity index (χ3n) is 2.83. The van der Waals surface area contributed by atoms with Crippen LogP contribution < -0.4 is 10.5 Å². The molecule has 0 saturated heterocycles. The van der Waals surface area contributed by atoms with Gasteiger partial charge in [-0.15, -0.1) is 0 Å². The lowest BCUT2D eigenvalue weighted by atomic mass is 9.91. The van der Waals surface area contributed by atoms with Gasteiger partial charge in [-0.25, -0.2) is 0 Å². The fourth-order valence-electron chi connectivity index (χ4n) is 1.40. The quantitative estimate of drug-likeness (QED) is 0.828. The van der Waals surface area contributed by atoms with E-state index >= 15 is 0 Å². The Balaban J connectivity index is 2.68. The maximum absolute atomic E-state index is 6.17. The Morgan fingerprint density at radius 2 is 1.81 bits per heavy atom. The zero-order chi connectivity index (χ0) is 12.2. The molecule has 2 N–H and O–H groups in total. The Bertz CT molecular complexity index is 314. The molecule has 0 amide bonds. The van der Waals surface area contributed by atoms with Crippen LogP contribution in [0, 0.1) is 5.92 Å². The van der Waals surface area contributed by atoms with Crippen molar-refractivity contribution in [3.8, 4) is 5.75 Å². The number of rotatable bonds is 5. The third-order valence-corrected chi connectivity index (χ3v) is 2.83. The number of nitrogens with two attached hydrogens (primary N) is 1. The molecule has 0 saturated carbocycles. The van der Waals surface area contributed by atoms with Crippen LogP contribution >= 0.6 is 0 Å². The van der Waals surface area contributed by atoms with Gasteiger partial charge in [0.2, 0.25) is 0 Å². The summed E-state index contributed by atoms with van der Waals surface area (Å²) in [6.07, 6.45) is 0.930. The summed E-state index contributed by atoms with van der Waals surface area (Å²) < 4.78 is 5.63. The predicted molar refractivity (Wildman–Crippen MR) is 68.6 cm³/mol. The molecule has 0 radical (unpaired) electrons. The second-order valence-electron chi connectivity index (χ2n) is 5.00. The van der Waals surface area contributed by atoms with E-state index in [1.54, 1.807) is 0 Å². The lowest BCUT2D eigenvalue weighted by Gasteiger charge is -2.23. The molecule has 0 spiro atoms. The van der Waals surface area contributed by atoms with Gasteiger partial charge in [-0.2, -0.15) is 0 Å². The van der Waals surface area contributed by atoms with Gasteiger partial charge in [-0.3, -0.25) is 0 Å². The van der Waals surface area contributed by atoms with E-state index in [1.165, 1.54) is 0 Å². The average molecular weight is 221 g/mol. The molecule has 0 aliphatic carbocycles. The molecule has 1 atom stereocenters. The van der Waals surface area contributed by atoms with E-state index in [4.69, 9.17) is 10.5 Å². The molecule has 0 bridgehead atoms. The minimum Gasteiger partial charge on any atom is -0.493 e. The summed E-state index contributed by atoms with van der Waals surface area (Å²) in [5.41, 5.74) is 7.09. The van der Waals surface area contributed by atoms with Crippen molar-refractivity contribution >= 4 is 0 Å². The highest BCUT2D eigenvalue weighted by molar-refractivity contribution is 5.31. The van der Waals surface area contributed by atoms with Crippen molar-refractivity contribution in [1.82, 2.24) is 0 Å². The molecule has 1 rings (SSSR count). The molecular weight excluding hydrogens is 198 g/mol. The van der Waals surface area contributed by atoms with E-state index in [0.29, 0.717) is 5.92 Å². The van der Waals surface area contributed by atoms with Crippen LogP contribution in [0.2, 0.25) is 0 Å². The first-order chi connectivity index (χ1) is 7.45. The Morgan fingerprint density at radius 1 is 1.25 bits per heavy atom. The van der Waals surface area contributed by atoms with Gasteiger partial charge in [0, 0.05) is 5.54 Å². The van der Waals surface area contributed by atoms with Gasteiger partial charge < -0.3 is 10.5 Å². The maximum Gasteiger partial charge on any atom is 0.119 e. The summed E-state index contributed by atoms with van der Waals surface area (Å²) >= 11 is 0. The molecule has 2 heteroatoms. The smallest absolute Gasteiger partial charge is 0.119 e. The number of hydrogen-bond acceptors (Lipinski definition) is 2. The van der Waals surface area contributed by atoms with E-state index in [0.717, 1.165) is 24.3 Å². The monoisotopic (exact) mass is 221 g/mol. The number of hydrogen-bond donors (Lipinski definition) is 1. The summed E-state index contributed by atoms with van der Waals surface area (Å²) in [4.78, 5) is 0. The third kappa shape index (κ3) is 3.53. The lowest BCUT2D eigenvalue weighted by molar-refractivity contribution is 0.271. The molecule has 1 unspecified atom stereocenters. The van der Waals surface area contributed by atoms with Crippen LogP contribution in [-0.4, -0.2) is 6.61 Å². The van der Waals surface area contributed by atoms with Crippen LogP contribution in [-0.2, 0) is 5.54 Å². The summed E-state index contributed by atoms with van der Waals surface area (Å²) in [6.45, 7) is 9.19. The van der Waals surface area contributed by atoms with Crippen molar-refractivity contribution in [3.63, 3.8) is 0 Å². The molecule has 0 aliphatic rings. The van der Waals surface area contributed by atoms with Crippen LogP contribution in [0.5, 0.6) is 5.75 Å². The van der Waals surface area contributed by atoms with Gasteiger partial charge in [0.15, 0.2) is 0 Å². The summed E-state index contributed by atoms with van der Waals surface area (Å²) in [7, 11) is 0. The second-order valence-corrected chi connectivity index (χ2v) is 5.00. The standard InChI is InChI=1S/C14H23NO/c1-5-14(4,15)12-6-8-13(9-7-12)16-10-11(2)3/h6-9,11H,5,10,15H2,1-4H3. The normalized spacial score (nSPS) is 14.9. The van der Waals surface area contributed by atoms with E-state index in [1.807, 2.05) is 12.1 Å². The van der Waals surface area contributed by atoms with Gasteiger partial charge in [0.1, 0.15) is 5.75 Å². The number of ether oxygens (including phenoxy) is 1. The summed E-state index contributed by atoms with van der Waals surface area (Å²) in [5, 5.41) is 0. The Labute approximate surface area is 98.8 Å². The van der Waals surface area contributed by atoms with Gasteiger partial charge in [0.05, 0.1) is 6.61 Å². The highest BCUT2D eigenvalue weighted by Gasteiger charge is 2.17. The first-order valence-electron chi connectivity index (χ1n) is 5.98. The van der Waals surface area contributed by atoms with E-state index in [9.17, 15) is 0 Å². The summed E-state index contributed by atoms with van der Waals surface area (Å²) in [5.74, 6) is 1.47. The molecule has 1 aromatic carbocycles. The Kier molecular flexibility index (Phi) is 4.36. The van der Waals surface area contributed by atoms with Gasteiger partial charge >= 0.3 is 0 Å². The second kappa shape index (κ2) is 5.35. The van der Waals surface area contributed by atoms with Gasteiger partial charge in [-0.1, -0.05) is 32.9 Å². The summed E-state index contributed by atoms with van der Waals surface area (Å²) in [6, 6.07) is 8.11. The largest absolute Gasteiger partial charge is 0.493 e. The van der Waals surface area contributed by atoms with Crippen molar-refractivity contribution in [3.05, 3.63) is 29.8 Å². The zero-order valence-corrected chi connectivity index (χ0v) is 10.8. The van der Waals surface area contributed by atoms with Gasteiger partial charge in [0.25, 0.3) is 0 Å². The molecule has 1 aromatic rings. The van der Waals surface area contributed by atoms with Gasteiger partial charge in [-0.05, 0) is 37.0 Å². The lowest BCUT2D eigenvalue weighted by Crippen LogP contribution is -2.31. The maximum atomic E-state index is 6.17. The van der Waals surface area contributed by atoms with Crippen molar-refractivity contribution in [2.45, 2.75) is 39.7 Å². The van der Waals surface area contributed by atoms with Crippen LogP contribution in [0.1, 0.15) is 39.7 Å². The molecule has 0 aromatic heterocycles. The van der Waals surface area contributed by atoms with Crippen molar-refractivity contribution in [2.24, 2.45) is 11.7 Å². The van der Waals surface area contributed by atoms with Crippen molar-refractivity contribution in [2.75, 3.05) is 6.61 Å². The Hall–Kier alpha value is -1.02. The first-order valence-corrected chi connectivity index (χ1v) is 5.98. The average Bonchev–Trinajstić information content (AvgIpc) is 2.27. The molecule has 2 nitrogen and oxygen atoms in total. The number of benzene rings is 1. The highest BCUT2D eigenvalue weighted by atomic mass is 16.5. The fraction of sp³-hybridized carbons (Fsp3) is 0.571. The van der Waals surface area contributed by atoms with E-state index in [2.05, 4.69) is 39.8 Å². The van der Waals surface area contributed by atoms with E-state index < -0.39 is 0 Å². The fourth-order valence-corrected chi connectivity index (χ4v) is 1.40. The molecule has 0 fully saturated rings. The topological polar surface area (TPSA) is 35.2 Å². The van der Waals surface area contributed by atoms with Crippen LogP contribution in [0.4, 0.5) is 0 Å². The molecular formula is C14H23NO.